The molecule has 0 aliphatic rings. The molecule has 0 spiro atoms. The van der Waals surface area contributed by atoms with Crippen molar-refractivity contribution in [1.29, 1.82) is 0 Å². The van der Waals surface area contributed by atoms with Crippen molar-refractivity contribution in [2.75, 3.05) is 0 Å². The van der Waals surface area contributed by atoms with Crippen molar-refractivity contribution in [3.8, 4) is 5.75 Å². The van der Waals surface area contributed by atoms with Crippen LogP contribution in [0.2, 0.25) is 0 Å². The van der Waals surface area contributed by atoms with Crippen molar-refractivity contribution in [2.24, 2.45) is 0 Å². The van der Waals surface area contributed by atoms with Crippen LogP contribution in [0.25, 0.3) is 0 Å². The van der Waals surface area contributed by atoms with E-state index in [2.05, 4.69) is 22.4 Å². The second-order valence-electron chi connectivity index (χ2n) is 4.32. The zero-order chi connectivity index (χ0) is 14.5. The number of hydrogen-bond donors (Lipinski definition) is 1. The number of hydrogen-bond acceptors (Lipinski definition) is 6. The highest BCUT2D eigenvalue weighted by molar-refractivity contribution is 7.14. The molecule has 0 saturated carbocycles. The molecular weight excluding hydrogens is 280 g/mol. The fraction of sp³-hybridized carbons (Fsp3) is 0.500. The highest BCUT2D eigenvalue weighted by Crippen LogP contribution is 2.29. The molecule has 0 aromatic carbocycles. The molecule has 108 valence electrons. The molecule has 0 radical (unpaired) electrons. The first kappa shape index (κ1) is 14.4. The van der Waals surface area contributed by atoms with Crippen LogP contribution in [0, 0.1) is 6.92 Å². The minimum Gasteiger partial charge on any atom is -0.484 e. The molecule has 0 amide bonds. The summed E-state index contributed by atoms with van der Waals surface area (Å²) in [7, 11) is 0. The molecule has 8 heteroatoms. The number of rotatable bonds is 7. The number of carboxylic acids is 1. The molecule has 0 aliphatic carbocycles. The van der Waals surface area contributed by atoms with Gasteiger partial charge in [-0.3, -0.25) is 0 Å². The van der Waals surface area contributed by atoms with Crippen LogP contribution in [0.1, 0.15) is 40.1 Å². The second-order valence-corrected chi connectivity index (χ2v) is 5.57. The van der Waals surface area contributed by atoms with Crippen LogP contribution in [-0.4, -0.2) is 31.3 Å². The van der Waals surface area contributed by atoms with Gasteiger partial charge in [-0.1, -0.05) is 13.3 Å². The second kappa shape index (κ2) is 6.47. The summed E-state index contributed by atoms with van der Waals surface area (Å²) in [6.07, 6.45) is 2.03. The molecule has 2 rings (SSSR count). The fourth-order valence-corrected chi connectivity index (χ4v) is 2.49. The number of aromatic nitrogens is 4. The van der Waals surface area contributed by atoms with E-state index in [0.717, 1.165) is 24.3 Å². The Morgan fingerprint density at radius 1 is 1.55 bits per heavy atom. The number of thiophene rings is 1. The molecule has 1 N–H and O–H groups in total. The average Bonchev–Trinajstić information content (AvgIpc) is 3.00. The van der Waals surface area contributed by atoms with Gasteiger partial charge in [0.25, 0.3) is 0 Å². The van der Waals surface area contributed by atoms with Crippen molar-refractivity contribution in [3.63, 3.8) is 0 Å². The minimum atomic E-state index is -0.983. The van der Waals surface area contributed by atoms with Crippen LogP contribution in [-0.2, 0) is 13.2 Å². The van der Waals surface area contributed by atoms with Crippen molar-refractivity contribution >= 4 is 17.3 Å². The summed E-state index contributed by atoms with van der Waals surface area (Å²) in [5, 5.41) is 20.5. The summed E-state index contributed by atoms with van der Waals surface area (Å²) in [5.74, 6) is -0.0210. The fourth-order valence-electron chi connectivity index (χ4n) is 1.70. The Balaban J connectivity index is 2.05. The highest BCUT2D eigenvalue weighted by atomic mass is 32.1. The van der Waals surface area contributed by atoms with E-state index in [0.29, 0.717) is 11.6 Å². The number of carbonyl (C=O) groups is 1. The third kappa shape index (κ3) is 3.32. The molecular formula is C12H16N4O3S. The average molecular weight is 296 g/mol. The number of nitrogens with zero attached hydrogens (tertiary/aromatic N) is 4. The maximum atomic E-state index is 11.1. The van der Waals surface area contributed by atoms with Gasteiger partial charge in [-0.25, -0.2) is 9.48 Å². The molecule has 0 fully saturated rings. The SMILES string of the molecule is CCCCn1nnnc1COc1cc(C)sc1C(=O)O. The van der Waals surface area contributed by atoms with Gasteiger partial charge in [0.15, 0.2) is 10.7 Å². The van der Waals surface area contributed by atoms with Gasteiger partial charge in [0.1, 0.15) is 12.4 Å². The first-order valence-electron chi connectivity index (χ1n) is 6.33. The minimum absolute atomic E-state index is 0.160. The van der Waals surface area contributed by atoms with Gasteiger partial charge in [0.05, 0.1) is 0 Å². The Bertz CT molecular complexity index is 593. The van der Waals surface area contributed by atoms with E-state index in [1.165, 1.54) is 11.3 Å². The van der Waals surface area contributed by atoms with Crippen LogP contribution < -0.4 is 4.74 Å². The lowest BCUT2D eigenvalue weighted by atomic mass is 10.3. The molecule has 2 aromatic heterocycles. The Morgan fingerprint density at radius 2 is 2.35 bits per heavy atom. The lowest BCUT2D eigenvalue weighted by molar-refractivity contribution is 0.0697. The van der Waals surface area contributed by atoms with Gasteiger partial charge in [-0.2, -0.15) is 0 Å². The summed E-state index contributed by atoms with van der Waals surface area (Å²) in [6, 6.07) is 1.72. The number of aryl methyl sites for hydroxylation is 2. The molecule has 7 nitrogen and oxygen atoms in total. The molecule has 0 bridgehead atoms. The van der Waals surface area contributed by atoms with E-state index in [4.69, 9.17) is 9.84 Å². The molecule has 0 aliphatic heterocycles. The number of carboxylic acid groups (broad SMARTS) is 1. The summed E-state index contributed by atoms with van der Waals surface area (Å²) in [6.45, 7) is 4.83. The third-order valence-corrected chi connectivity index (χ3v) is 3.72. The molecule has 20 heavy (non-hydrogen) atoms. The van der Waals surface area contributed by atoms with E-state index in [-0.39, 0.29) is 11.5 Å². The molecule has 0 atom stereocenters. The van der Waals surface area contributed by atoms with E-state index in [1.54, 1.807) is 10.7 Å². The third-order valence-electron chi connectivity index (χ3n) is 2.70. The Hall–Kier alpha value is -1.96. The maximum Gasteiger partial charge on any atom is 0.349 e. The zero-order valence-electron chi connectivity index (χ0n) is 11.4. The summed E-state index contributed by atoms with van der Waals surface area (Å²) < 4.78 is 7.23. The quantitative estimate of drug-likeness (QED) is 0.841. The Morgan fingerprint density at radius 3 is 3.05 bits per heavy atom. The molecule has 2 aromatic rings. The van der Waals surface area contributed by atoms with Crippen molar-refractivity contribution < 1.29 is 14.6 Å². The van der Waals surface area contributed by atoms with Gasteiger partial charge in [0, 0.05) is 11.4 Å². The largest absolute Gasteiger partial charge is 0.484 e. The number of ether oxygens (including phenoxy) is 1. The van der Waals surface area contributed by atoms with Crippen LogP contribution in [0.5, 0.6) is 5.75 Å². The molecule has 0 unspecified atom stereocenters. The summed E-state index contributed by atoms with van der Waals surface area (Å²) in [5.41, 5.74) is 0. The number of tetrazole rings is 1. The number of unbranched alkanes of at least 4 members (excludes halogenated alkanes) is 1. The highest BCUT2D eigenvalue weighted by Gasteiger charge is 2.16. The molecule has 2 heterocycles. The van der Waals surface area contributed by atoms with Gasteiger partial charge in [-0.05, 0) is 29.8 Å². The summed E-state index contributed by atoms with van der Waals surface area (Å²) >= 11 is 1.19. The van der Waals surface area contributed by atoms with Gasteiger partial charge in [0.2, 0.25) is 0 Å². The first-order valence-corrected chi connectivity index (χ1v) is 7.15. The molecule has 0 saturated heterocycles. The van der Waals surface area contributed by atoms with Gasteiger partial charge in [-0.15, -0.1) is 16.4 Å². The lowest BCUT2D eigenvalue weighted by Crippen LogP contribution is -2.09. The number of aromatic carboxylic acids is 1. The van der Waals surface area contributed by atoms with E-state index >= 15 is 0 Å². The van der Waals surface area contributed by atoms with Crippen LogP contribution in [0.3, 0.4) is 0 Å². The van der Waals surface area contributed by atoms with E-state index in [1.807, 2.05) is 6.92 Å². The monoisotopic (exact) mass is 296 g/mol. The van der Waals surface area contributed by atoms with Gasteiger partial charge < -0.3 is 9.84 Å². The normalized spacial score (nSPS) is 10.7. The van der Waals surface area contributed by atoms with E-state index < -0.39 is 5.97 Å². The van der Waals surface area contributed by atoms with Crippen molar-refractivity contribution in [3.05, 3.63) is 21.6 Å². The Labute approximate surface area is 120 Å². The smallest absolute Gasteiger partial charge is 0.349 e. The lowest BCUT2D eigenvalue weighted by Gasteiger charge is -2.06. The van der Waals surface area contributed by atoms with Crippen LogP contribution in [0.4, 0.5) is 0 Å². The van der Waals surface area contributed by atoms with E-state index in [9.17, 15) is 4.79 Å². The maximum absolute atomic E-state index is 11.1. The first-order chi connectivity index (χ1) is 9.61. The predicted octanol–water partition coefficient (Wildman–Crippen LogP) is 2.12. The van der Waals surface area contributed by atoms with Crippen molar-refractivity contribution in [2.45, 2.75) is 39.8 Å². The zero-order valence-corrected chi connectivity index (χ0v) is 12.2. The van der Waals surface area contributed by atoms with Crippen molar-refractivity contribution in [1.82, 2.24) is 20.2 Å². The van der Waals surface area contributed by atoms with Crippen LogP contribution in [0.15, 0.2) is 6.07 Å². The standard InChI is InChI=1S/C12H16N4O3S/c1-3-4-5-16-10(13-14-15-16)7-19-9-6-8(2)20-11(9)12(17)18/h6H,3-5,7H2,1-2H3,(H,17,18). The summed E-state index contributed by atoms with van der Waals surface area (Å²) in [4.78, 5) is 12.2. The topological polar surface area (TPSA) is 90.1 Å². The Kier molecular flexibility index (Phi) is 4.67. The van der Waals surface area contributed by atoms with Gasteiger partial charge >= 0.3 is 5.97 Å². The predicted molar refractivity (Wildman–Crippen MR) is 73.1 cm³/mol. The van der Waals surface area contributed by atoms with Crippen LogP contribution >= 0.6 is 11.3 Å².